The number of nitrogens with one attached hydrogen (secondary N) is 1. The third-order valence-corrected chi connectivity index (χ3v) is 3.52. The average Bonchev–Trinajstić information content (AvgIpc) is 2.90. The van der Waals surface area contributed by atoms with Crippen LogP contribution in [0.3, 0.4) is 0 Å². The minimum absolute atomic E-state index is 0.191. The van der Waals surface area contributed by atoms with Crippen molar-refractivity contribution in [1.29, 1.82) is 0 Å². The van der Waals surface area contributed by atoms with E-state index in [0.717, 1.165) is 5.52 Å². The number of hydrogen-bond acceptors (Lipinski definition) is 3. The lowest BCUT2D eigenvalue weighted by Gasteiger charge is -2.15. The van der Waals surface area contributed by atoms with Gasteiger partial charge in [0.05, 0.1) is 18.3 Å². The first-order valence-corrected chi connectivity index (χ1v) is 6.98. The quantitative estimate of drug-likeness (QED) is 0.631. The molecule has 0 aliphatic rings. The molecule has 21 heavy (non-hydrogen) atoms. The lowest BCUT2D eigenvalue weighted by molar-refractivity contribution is 0.168. The van der Waals surface area contributed by atoms with Gasteiger partial charge < -0.3 is 20.1 Å². The Morgan fingerprint density at radius 1 is 1.00 bits per heavy atom. The molecule has 0 saturated carbocycles. The summed E-state index contributed by atoms with van der Waals surface area (Å²) in [4.78, 5) is 0. The van der Waals surface area contributed by atoms with Crippen molar-refractivity contribution >= 4 is 16.6 Å². The molecule has 0 aliphatic heterocycles. The summed E-state index contributed by atoms with van der Waals surface area (Å²) in [6.45, 7) is 0.887. The molecule has 108 valence electrons. The van der Waals surface area contributed by atoms with Crippen LogP contribution < -0.4 is 5.32 Å². The van der Waals surface area contributed by atoms with Gasteiger partial charge in [-0.1, -0.05) is 30.3 Å². The van der Waals surface area contributed by atoms with Crippen molar-refractivity contribution in [3.8, 4) is 5.75 Å². The van der Waals surface area contributed by atoms with Gasteiger partial charge in [-0.3, -0.25) is 0 Å². The molecule has 0 amide bonds. The highest BCUT2D eigenvalue weighted by Gasteiger charge is 2.08. The second-order valence-electron chi connectivity index (χ2n) is 5.08. The molecule has 0 saturated heterocycles. The minimum Gasteiger partial charge on any atom is -0.506 e. The third kappa shape index (κ3) is 3.01. The van der Waals surface area contributed by atoms with Gasteiger partial charge in [-0.25, -0.2) is 0 Å². The number of hydrogen-bond donors (Lipinski definition) is 3. The van der Waals surface area contributed by atoms with Crippen LogP contribution in [0.4, 0.5) is 5.69 Å². The molecular weight excluding hydrogens is 264 g/mol. The van der Waals surface area contributed by atoms with Crippen molar-refractivity contribution in [1.82, 2.24) is 4.57 Å². The topological polar surface area (TPSA) is 57.4 Å². The van der Waals surface area contributed by atoms with Gasteiger partial charge in [0.1, 0.15) is 5.75 Å². The van der Waals surface area contributed by atoms with Gasteiger partial charge in [-0.05, 0) is 29.7 Å². The third-order valence-electron chi connectivity index (χ3n) is 3.52. The SMILES string of the molecule is Oc1ccccc1NC[C@@H](O)Cn1ccc2ccccc21. The number of anilines is 1. The maximum absolute atomic E-state index is 10.2. The number of nitrogens with zero attached hydrogens (tertiary/aromatic N) is 1. The zero-order valence-corrected chi connectivity index (χ0v) is 11.6. The van der Waals surface area contributed by atoms with Crippen molar-refractivity contribution < 1.29 is 10.2 Å². The molecule has 0 spiro atoms. The fourth-order valence-corrected chi connectivity index (χ4v) is 2.44. The van der Waals surface area contributed by atoms with Crippen LogP contribution in [0.5, 0.6) is 5.75 Å². The van der Waals surface area contributed by atoms with Crippen molar-refractivity contribution in [2.75, 3.05) is 11.9 Å². The number of phenols is 1. The zero-order chi connectivity index (χ0) is 14.7. The van der Waals surface area contributed by atoms with Crippen LogP contribution in [0, 0.1) is 0 Å². The molecule has 0 fully saturated rings. The van der Waals surface area contributed by atoms with Gasteiger partial charge in [-0.2, -0.15) is 0 Å². The molecule has 2 aromatic carbocycles. The maximum Gasteiger partial charge on any atom is 0.138 e. The smallest absolute Gasteiger partial charge is 0.138 e. The van der Waals surface area contributed by atoms with Crippen molar-refractivity contribution in [2.45, 2.75) is 12.6 Å². The van der Waals surface area contributed by atoms with Gasteiger partial charge in [0.25, 0.3) is 0 Å². The predicted molar refractivity (Wildman–Crippen MR) is 84.5 cm³/mol. The summed E-state index contributed by atoms with van der Waals surface area (Å²) in [5.41, 5.74) is 1.74. The van der Waals surface area contributed by atoms with E-state index in [1.165, 1.54) is 5.39 Å². The molecule has 0 radical (unpaired) electrons. The van der Waals surface area contributed by atoms with E-state index in [4.69, 9.17) is 0 Å². The highest BCUT2D eigenvalue weighted by atomic mass is 16.3. The van der Waals surface area contributed by atoms with Gasteiger partial charge in [0, 0.05) is 18.3 Å². The molecule has 0 bridgehead atoms. The Morgan fingerprint density at radius 3 is 2.62 bits per heavy atom. The van der Waals surface area contributed by atoms with Gasteiger partial charge >= 0.3 is 0 Å². The van der Waals surface area contributed by atoms with Crippen LogP contribution in [-0.2, 0) is 6.54 Å². The second kappa shape index (κ2) is 5.89. The van der Waals surface area contributed by atoms with E-state index in [2.05, 4.69) is 11.4 Å². The Morgan fingerprint density at radius 2 is 1.76 bits per heavy atom. The first kappa shape index (κ1) is 13.5. The van der Waals surface area contributed by atoms with E-state index in [-0.39, 0.29) is 5.75 Å². The maximum atomic E-state index is 10.2. The van der Waals surface area contributed by atoms with E-state index < -0.39 is 6.10 Å². The molecule has 1 aromatic heterocycles. The van der Waals surface area contributed by atoms with E-state index in [1.54, 1.807) is 18.2 Å². The molecule has 3 aromatic rings. The number of phenolic OH excluding ortho intramolecular Hbond substituents is 1. The van der Waals surface area contributed by atoms with E-state index in [1.807, 2.05) is 41.1 Å². The van der Waals surface area contributed by atoms with Gasteiger partial charge in [0.15, 0.2) is 0 Å². The molecule has 3 N–H and O–H groups in total. The van der Waals surface area contributed by atoms with Crippen LogP contribution in [0.15, 0.2) is 60.8 Å². The Hall–Kier alpha value is -2.46. The van der Waals surface area contributed by atoms with Crippen molar-refractivity contribution in [2.24, 2.45) is 0 Å². The standard InChI is InChI=1S/C17H18N2O2/c20-14(11-18-15-6-2-4-8-17(15)21)12-19-10-9-13-5-1-3-7-16(13)19/h1-10,14,18,20-21H,11-12H2/t14-/m1/s1. The number of aliphatic hydroxyl groups excluding tert-OH is 1. The van der Waals surface area contributed by atoms with Crippen LogP contribution in [-0.4, -0.2) is 27.4 Å². The first-order valence-electron chi connectivity index (χ1n) is 6.98. The summed E-state index contributed by atoms with van der Waals surface area (Å²) in [5, 5.41) is 24.1. The Bertz CT molecular complexity index is 736. The predicted octanol–water partition coefficient (Wildman–Crippen LogP) is 2.82. The average molecular weight is 282 g/mol. The van der Waals surface area contributed by atoms with E-state index >= 15 is 0 Å². The monoisotopic (exact) mass is 282 g/mol. The lowest BCUT2D eigenvalue weighted by atomic mass is 10.2. The fraction of sp³-hybridized carbons (Fsp3) is 0.176. The molecule has 1 heterocycles. The summed E-state index contributed by atoms with van der Waals surface area (Å²) in [6, 6.07) is 17.1. The number of benzene rings is 2. The summed E-state index contributed by atoms with van der Waals surface area (Å²) in [5.74, 6) is 0.191. The number of aliphatic hydroxyl groups is 1. The summed E-state index contributed by atoms with van der Waals surface area (Å²) in [7, 11) is 0. The molecule has 0 unspecified atom stereocenters. The highest BCUT2D eigenvalue weighted by molar-refractivity contribution is 5.79. The van der Waals surface area contributed by atoms with E-state index in [0.29, 0.717) is 18.8 Å². The van der Waals surface area contributed by atoms with Crippen molar-refractivity contribution in [3.63, 3.8) is 0 Å². The van der Waals surface area contributed by atoms with Gasteiger partial charge in [-0.15, -0.1) is 0 Å². The Balaban J connectivity index is 1.64. The largest absolute Gasteiger partial charge is 0.506 e. The Kier molecular flexibility index (Phi) is 3.79. The normalized spacial score (nSPS) is 12.4. The molecule has 1 atom stereocenters. The fourth-order valence-electron chi connectivity index (χ4n) is 2.44. The van der Waals surface area contributed by atoms with E-state index in [9.17, 15) is 10.2 Å². The molecule has 4 nitrogen and oxygen atoms in total. The Labute approximate surface area is 123 Å². The second-order valence-corrected chi connectivity index (χ2v) is 5.08. The number of aromatic hydroxyl groups is 1. The summed E-state index contributed by atoms with van der Waals surface area (Å²) in [6.07, 6.45) is 1.44. The number of para-hydroxylation sites is 3. The molecular formula is C17H18N2O2. The van der Waals surface area contributed by atoms with Crippen LogP contribution >= 0.6 is 0 Å². The summed E-state index contributed by atoms with van der Waals surface area (Å²) >= 11 is 0. The summed E-state index contributed by atoms with van der Waals surface area (Å²) < 4.78 is 2.03. The highest BCUT2D eigenvalue weighted by Crippen LogP contribution is 2.21. The lowest BCUT2D eigenvalue weighted by Crippen LogP contribution is -2.24. The van der Waals surface area contributed by atoms with Crippen LogP contribution in [0.25, 0.3) is 10.9 Å². The van der Waals surface area contributed by atoms with Crippen LogP contribution in [0.1, 0.15) is 0 Å². The van der Waals surface area contributed by atoms with Gasteiger partial charge in [0.2, 0.25) is 0 Å². The number of fused-ring (bicyclic) bond motifs is 1. The minimum atomic E-state index is -0.541. The van der Waals surface area contributed by atoms with Crippen molar-refractivity contribution in [3.05, 3.63) is 60.8 Å². The number of rotatable bonds is 5. The van der Waals surface area contributed by atoms with Crippen LogP contribution in [0.2, 0.25) is 0 Å². The molecule has 4 heteroatoms. The first-order chi connectivity index (χ1) is 10.2. The number of aromatic nitrogens is 1. The molecule has 3 rings (SSSR count). The zero-order valence-electron chi connectivity index (χ0n) is 11.6. The molecule has 0 aliphatic carbocycles.